The zero-order valence-corrected chi connectivity index (χ0v) is 7.87. The van der Waals surface area contributed by atoms with Crippen molar-refractivity contribution in [2.75, 3.05) is 0 Å². The minimum atomic E-state index is -5.25. The van der Waals surface area contributed by atoms with Gasteiger partial charge in [-0.2, -0.15) is 26.3 Å². The molecule has 0 aliphatic rings. The van der Waals surface area contributed by atoms with E-state index in [1.54, 1.807) is 0 Å². The Morgan fingerprint density at radius 3 is 1.81 bits per heavy atom. The monoisotopic (exact) mass is 244 g/mol. The molecule has 1 N–H and O–H groups in total. The SMILES string of the molecule is Cc1cc(O)c(C(F)(F)F)c(C(F)(F)F)c1. The average Bonchev–Trinajstić information content (AvgIpc) is 1.97. The van der Waals surface area contributed by atoms with Gasteiger partial charge in [-0.25, -0.2) is 0 Å². The highest BCUT2D eigenvalue weighted by Gasteiger charge is 2.45. The Morgan fingerprint density at radius 2 is 1.44 bits per heavy atom. The van der Waals surface area contributed by atoms with Crippen LogP contribution in [0.15, 0.2) is 12.1 Å². The summed E-state index contributed by atoms with van der Waals surface area (Å²) in [5.41, 5.74) is -4.03. The van der Waals surface area contributed by atoms with Crippen LogP contribution in [0.5, 0.6) is 5.75 Å². The maximum atomic E-state index is 12.3. The number of phenolic OH excluding ortho intramolecular Hbond substituents is 1. The van der Waals surface area contributed by atoms with E-state index in [1.807, 2.05) is 0 Å². The second-order valence-corrected chi connectivity index (χ2v) is 3.20. The van der Waals surface area contributed by atoms with E-state index < -0.39 is 29.2 Å². The first kappa shape index (κ1) is 12.7. The van der Waals surface area contributed by atoms with Gasteiger partial charge in [-0.1, -0.05) is 0 Å². The van der Waals surface area contributed by atoms with E-state index in [0.717, 1.165) is 6.92 Å². The van der Waals surface area contributed by atoms with Crippen molar-refractivity contribution in [3.63, 3.8) is 0 Å². The van der Waals surface area contributed by atoms with Crippen LogP contribution in [-0.2, 0) is 12.4 Å². The molecule has 0 saturated heterocycles. The first-order valence-corrected chi connectivity index (χ1v) is 4.01. The second-order valence-electron chi connectivity index (χ2n) is 3.20. The number of hydrogen-bond acceptors (Lipinski definition) is 1. The molecular formula is C9H6F6O. The van der Waals surface area contributed by atoms with Gasteiger partial charge in [0.25, 0.3) is 0 Å². The van der Waals surface area contributed by atoms with Gasteiger partial charge in [-0.15, -0.1) is 0 Å². The summed E-state index contributed by atoms with van der Waals surface area (Å²) < 4.78 is 73.9. The van der Waals surface area contributed by atoms with Crippen LogP contribution in [0.2, 0.25) is 0 Å². The van der Waals surface area contributed by atoms with Crippen molar-refractivity contribution in [1.29, 1.82) is 0 Å². The molecule has 0 atom stereocenters. The third-order valence-electron chi connectivity index (χ3n) is 1.85. The summed E-state index contributed by atoms with van der Waals surface area (Å²) in [6.45, 7) is 1.16. The smallest absolute Gasteiger partial charge is 0.420 e. The summed E-state index contributed by atoms with van der Waals surface area (Å²) in [6, 6.07) is 0.987. The van der Waals surface area contributed by atoms with Gasteiger partial charge in [0.1, 0.15) is 11.3 Å². The molecule has 0 amide bonds. The van der Waals surface area contributed by atoms with Crippen LogP contribution in [0.25, 0.3) is 0 Å². The number of halogens is 6. The Morgan fingerprint density at radius 1 is 0.938 bits per heavy atom. The quantitative estimate of drug-likeness (QED) is 0.689. The van der Waals surface area contributed by atoms with Gasteiger partial charge in [0.2, 0.25) is 0 Å². The van der Waals surface area contributed by atoms with Crippen LogP contribution < -0.4 is 0 Å². The Kier molecular flexibility index (Phi) is 2.82. The molecule has 0 radical (unpaired) electrons. The highest BCUT2D eigenvalue weighted by Crippen LogP contribution is 2.44. The van der Waals surface area contributed by atoms with Crippen molar-refractivity contribution in [1.82, 2.24) is 0 Å². The summed E-state index contributed by atoms with van der Waals surface area (Å²) in [5, 5.41) is 8.95. The predicted octanol–water partition coefficient (Wildman–Crippen LogP) is 3.74. The van der Waals surface area contributed by atoms with Gasteiger partial charge in [-0.3, -0.25) is 0 Å². The van der Waals surface area contributed by atoms with Gasteiger partial charge >= 0.3 is 12.4 Å². The number of rotatable bonds is 0. The fourth-order valence-electron chi connectivity index (χ4n) is 1.29. The average molecular weight is 244 g/mol. The van der Waals surface area contributed by atoms with E-state index in [2.05, 4.69) is 0 Å². The molecule has 0 heterocycles. The molecule has 0 unspecified atom stereocenters. The molecule has 16 heavy (non-hydrogen) atoms. The lowest BCUT2D eigenvalue weighted by Crippen LogP contribution is -2.17. The van der Waals surface area contributed by atoms with Crippen LogP contribution in [0.4, 0.5) is 26.3 Å². The molecule has 0 saturated carbocycles. The standard InChI is InChI=1S/C9H6F6O/c1-4-2-5(8(10,11)12)7(6(16)3-4)9(13,14)15/h2-3,16H,1H3. The molecule has 0 aliphatic heterocycles. The van der Waals surface area contributed by atoms with Crippen LogP contribution in [0, 0.1) is 6.92 Å². The van der Waals surface area contributed by atoms with Crippen molar-refractivity contribution in [3.8, 4) is 5.75 Å². The fraction of sp³-hybridized carbons (Fsp3) is 0.333. The summed E-state index contributed by atoms with van der Waals surface area (Å²) >= 11 is 0. The normalized spacial score (nSPS) is 12.9. The van der Waals surface area contributed by atoms with Crippen molar-refractivity contribution in [2.24, 2.45) is 0 Å². The van der Waals surface area contributed by atoms with E-state index >= 15 is 0 Å². The summed E-state index contributed by atoms with van der Waals surface area (Å²) in [6.07, 6.45) is -10.4. The maximum absolute atomic E-state index is 12.3. The van der Waals surface area contributed by atoms with E-state index in [4.69, 9.17) is 5.11 Å². The number of aromatic hydroxyl groups is 1. The minimum Gasteiger partial charge on any atom is -0.507 e. The highest BCUT2D eigenvalue weighted by molar-refractivity contribution is 5.45. The molecule has 1 aromatic rings. The molecule has 1 aromatic carbocycles. The van der Waals surface area contributed by atoms with Gasteiger partial charge in [-0.05, 0) is 24.6 Å². The van der Waals surface area contributed by atoms with Crippen LogP contribution in [0.3, 0.4) is 0 Å². The third kappa shape index (κ3) is 2.40. The summed E-state index contributed by atoms with van der Waals surface area (Å²) in [7, 11) is 0. The van der Waals surface area contributed by atoms with Gasteiger partial charge in [0.05, 0.1) is 5.56 Å². The molecule has 0 aromatic heterocycles. The van der Waals surface area contributed by atoms with Gasteiger partial charge in [0, 0.05) is 0 Å². The molecule has 0 spiro atoms. The van der Waals surface area contributed by atoms with Crippen LogP contribution in [-0.4, -0.2) is 5.11 Å². The summed E-state index contributed by atoms with van der Waals surface area (Å²) in [5.74, 6) is -1.42. The Balaban J connectivity index is 3.58. The number of alkyl halides is 6. The lowest BCUT2D eigenvalue weighted by atomic mass is 10.0. The Hall–Kier alpha value is -1.40. The number of phenols is 1. The van der Waals surface area contributed by atoms with E-state index in [9.17, 15) is 26.3 Å². The van der Waals surface area contributed by atoms with Crippen LogP contribution >= 0.6 is 0 Å². The first-order valence-electron chi connectivity index (χ1n) is 4.01. The maximum Gasteiger partial charge on any atom is 0.420 e. The van der Waals surface area contributed by atoms with E-state index in [0.29, 0.717) is 12.1 Å². The molecule has 1 rings (SSSR count). The molecule has 7 heteroatoms. The van der Waals surface area contributed by atoms with Crippen LogP contribution in [0.1, 0.15) is 16.7 Å². The lowest BCUT2D eigenvalue weighted by molar-refractivity contribution is -0.163. The molecule has 0 aliphatic carbocycles. The Labute approximate surface area is 86.3 Å². The zero-order chi connectivity index (χ0) is 12.7. The lowest BCUT2D eigenvalue weighted by Gasteiger charge is -2.17. The minimum absolute atomic E-state index is 0.0992. The third-order valence-corrected chi connectivity index (χ3v) is 1.85. The first-order chi connectivity index (χ1) is 7.03. The van der Waals surface area contributed by atoms with Gasteiger partial charge in [0.15, 0.2) is 0 Å². The van der Waals surface area contributed by atoms with E-state index in [1.165, 1.54) is 0 Å². The number of benzene rings is 1. The second kappa shape index (κ2) is 3.57. The van der Waals surface area contributed by atoms with Gasteiger partial charge < -0.3 is 5.11 Å². The summed E-state index contributed by atoms with van der Waals surface area (Å²) in [4.78, 5) is 0. The molecule has 1 nitrogen and oxygen atoms in total. The molecule has 0 fully saturated rings. The number of hydrogen-bond donors (Lipinski definition) is 1. The van der Waals surface area contributed by atoms with Crippen molar-refractivity contribution >= 4 is 0 Å². The topological polar surface area (TPSA) is 20.2 Å². The van der Waals surface area contributed by atoms with Crippen molar-refractivity contribution in [3.05, 3.63) is 28.8 Å². The van der Waals surface area contributed by atoms with Crippen molar-refractivity contribution in [2.45, 2.75) is 19.3 Å². The number of aryl methyl sites for hydroxylation is 1. The largest absolute Gasteiger partial charge is 0.507 e. The van der Waals surface area contributed by atoms with Crippen molar-refractivity contribution < 1.29 is 31.4 Å². The molecule has 90 valence electrons. The highest BCUT2D eigenvalue weighted by atomic mass is 19.4. The zero-order valence-electron chi connectivity index (χ0n) is 7.87. The predicted molar refractivity (Wildman–Crippen MR) is 42.8 cm³/mol. The Bertz CT molecular complexity index is 404. The molecular weight excluding hydrogens is 238 g/mol. The van der Waals surface area contributed by atoms with E-state index in [-0.39, 0.29) is 5.56 Å². The fourth-order valence-corrected chi connectivity index (χ4v) is 1.29. The molecule has 0 bridgehead atoms.